The number of carbonyl (C=O) groups excluding carboxylic acids is 1. The molecule has 0 saturated heterocycles. The Labute approximate surface area is 120 Å². The molecule has 0 bridgehead atoms. The van der Waals surface area contributed by atoms with Crippen molar-refractivity contribution in [1.29, 1.82) is 0 Å². The summed E-state index contributed by atoms with van der Waals surface area (Å²) in [6.45, 7) is 2.51. The van der Waals surface area contributed by atoms with Crippen LogP contribution >= 0.6 is 0 Å². The van der Waals surface area contributed by atoms with Crippen LogP contribution in [0.2, 0.25) is 0 Å². The van der Waals surface area contributed by atoms with Crippen LogP contribution < -0.4 is 0 Å². The van der Waals surface area contributed by atoms with Crippen molar-refractivity contribution >= 4 is 5.91 Å². The summed E-state index contributed by atoms with van der Waals surface area (Å²) in [5, 5.41) is 0. The van der Waals surface area contributed by atoms with Gasteiger partial charge in [-0.15, -0.1) is 0 Å². The summed E-state index contributed by atoms with van der Waals surface area (Å²) in [7, 11) is 0. The number of hydrogen-bond acceptors (Lipinski definition) is 1. The molecule has 1 aliphatic carbocycles. The highest BCUT2D eigenvalue weighted by molar-refractivity contribution is 5.94. The van der Waals surface area contributed by atoms with Crippen molar-refractivity contribution in [2.45, 2.75) is 44.8 Å². The number of halogens is 4. The molecule has 116 valence electrons. The lowest BCUT2D eigenvalue weighted by Gasteiger charge is -2.22. The summed E-state index contributed by atoms with van der Waals surface area (Å²) in [5.74, 6) is -1.80. The van der Waals surface area contributed by atoms with Gasteiger partial charge in [-0.25, -0.2) is 4.39 Å². The quantitative estimate of drug-likeness (QED) is 0.745. The van der Waals surface area contributed by atoms with Crippen molar-refractivity contribution in [3.05, 3.63) is 35.1 Å². The van der Waals surface area contributed by atoms with Gasteiger partial charge in [-0.1, -0.05) is 13.3 Å². The number of alkyl halides is 3. The lowest BCUT2D eigenvalue weighted by atomic mass is 10.1. The van der Waals surface area contributed by atoms with E-state index in [1.807, 2.05) is 6.92 Å². The van der Waals surface area contributed by atoms with Gasteiger partial charge in [0.05, 0.1) is 5.56 Å². The third-order valence-electron chi connectivity index (χ3n) is 3.52. The van der Waals surface area contributed by atoms with E-state index < -0.39 is 23.5 Å². The molecule has 0 aromatic heterocycles. The van der Waals surface area contributed by atoms with E-state index >= 15 is 0 Å². The molecule has 1 aromatic rings. The predicted molar refractivity (Wildman–Crippen MR) is 70.4 cm³/mol. The lowest BCUT2D eigenvalue weighted by molar-refractivity contribution is -0.140. The van der Waals surface area contributed by atoms with Crippen LogP contribution in [0.3, 0.4) is 0 Å². The molecule has 1 aromatic carbocycles. The predicted octanol–water partition coefficient (Wildman–Crippen LogP) is 4.25. The van der Waals surface area contributed by atoms with E-state index in [0.29, 0.717) is 18.7 Å². The van der Waals surface area contributed by atoms with E-state index in [1.54, 1.807) is 4.90 Å². The van der Waals surface area contributed by atoms with Gasteiger partial charge < -0.3 is 4.90 Å². The molecule has 1 amide bonds. The molecule has 1 saturated carbocycles. The first-order valence-corrected chi connectivity index (χ1v) is 7.02. The first kappa shape index (κ1) is 15.8. The molecule has 1 aliphatic rings. The monoisotopic (exact) mass is 303 g/mol. The van der Waals surface area contributed by atoms with E-state index in [-0.39, 0.29) is 11.6 Å². The van der Waals surface area contributed by atoms with Crippen LogP contribution in [0.5, 0.6) is 0 Å². The van der Waals surface area contributed by atoms with E-state index in [9.17, 15) is 22.4 Å². The zero-order valence-electron chi connectivity index (χ0n) is 11.7. The fraction of sp³-hybridized carbons (Fsp3) is 0.533. The average molecular weight is 303 g/mol. The zero-order chi connectivity index (χ0) is 15.6. The number of rotatable bonds is 5. The van der Waals surface area contributed by atoms with Crippen molar-refractivity contribution in [1.82, 2.24) is 4.90 Å². The molecule has 0 unspecified atom stereocenters. The maximum absolute atomic E-state index is 13.3. The van der Waals surface area contributed by atoms with Crippen LogP contribution in [0.25, 0.3) is 0 Å². The fourth-order valence-electron chi connectivity index (χ4n) is 2.21. The van der Waals surface area contributed by atoms with Gasteiger partial charge in [-0.3, -0.25) is 4.79 Å². The summed E-state index contributed by atoms with van der Waals surface area (Å²) < 4.78 is 51.4. The van der Waals surface area contributed by atoms with Crippen molar-refractivity contribution < 1.29 is 22.4 Å². The molecule has 2 rings (SSSR count). The summed E-state index contributed by atoms with van der Waals surface area (Å²) >= 11 is 0. The first-order valence-electron chi connectivity index (χ1n) is 7.02. The molecule has 0 spiro atoms. The van der Waals surface area contributed by atoms with E-state index in [4.69, 9.17) is 0 Å². The van der Waals surface area contributed by atoms with Crippen LogP contribution in [-0.4, -0.2) is 23.4 Å². The van der Waals surface area contributed by atoms with Crippen molar-refractivity contribution in [3.63, 3.8) is 0 Å². The largest absolute Gasteiger partial charge is 0.419 e. The number of nitrogens with zero attached hydrogens (tertiary/aromatic N) is 1. The van der Waals surface area contributed by atoms with Gasteiger partial charge in [0.2, 0.25) is 0 Å². The van der Waals surface area contributed by atoms with Crippen molar-refractivity contribution in [3.8, 4) is 0 Å². The van der Waals surface area contributed by atoms with E-state index in [2.05, 4.69) is 0 Å². The highest BCUT2D eigenvalue weighted by Crippen LogP contribution is 2.33. The molecule has 0 N–H and O–H groups in total. The fourth-order valence-corrected chi connectivity index (χ4v) is 2.21. The van der Waals surface area contributed by atoms with Crippen LogP contribution in [0.4, 0.5) is 17.6 Å². The van der Waals surface area contributed by atoms with Gasteiger partial charge in [0, 0.05) is 18.2 Å². The summed E-state index contributed by atoms with van der Waals surface area (Å²) in [5.41, 5.74) is -1.49. The summed E-state index contributed by atoms with van der Waals surface area (Å²) in [4.78, 5) is 14.0. The van der Waals surface area contributed by atoms with Gasteiger partial charge in [-0.2, -0.15) is 13.2 Å². The van der Waals surface area contributed by atoms with Gasteiger partial charge in [0.15, 0.2) is 0 Å². The van der Waals surface area contributed by atoms with Gasteiger partial charge in [0.25, 0.3) is 5.91 Å². The molecule has 0 aliphatic heterocycles. The van der Waals surface area contributed by atoms with E-state index in [1.165, 1.54) is 0 Å². The number of hydrogen-bond donors (Lipinski definition) is 0. The SMILES string of the molecule is CCCCN(C(=O)c1ccc(F)c(C(F)(F)F)c1)C1CC1. The third kappa shape index (κ3) is 3.74. The Morgan fingerprint density at radius 3 is 2.52 bits per heavy atom. The van der Waals surface area contributed by atoms with Crippen LogP contribution in [-0.2, 0) is 6.18 Å². The van der Waals surface area contributed by atoms with Gasteiger partial charge in [-0.05, 0) is 37.5 Å². The highest BCUT2D eigenvalue weighted by Gasteiger charge is 2.36. The van der Waals surface area contributed by atoms with Crippen LogP contribution in [0, 0.1) is 5.82 Å². The molecule has 0 atom stereocenters. The maximum atomic E-state index is 13.3. The maximum Gasteiger partial charge on any atom is 0.419 e. The molecule has 1 fully saturated rings. The smallest absolute Gasteiger partial charge is 0.336 e. The minimum atomic E-state index is -4.80. The van der Waals surface area contributed by atoms with Gasteiger partial charge >= 0.3 is 6.18 Å². The number of benzene rings is 1. The molecule has 2 nitrogen and oxygen atoms in total. The number of carbonyl (C=O) groups is 1. The number of amides is 1. The molecule has 6 heteroatoms. The minimum Gasteiger partial charge on any atom is -0.336 e. The van der Waals surface area contributed by atoms with Crippen LogP contribution in [0.15, 0.2) is 18.2 Å². The lowest BCUT2D eigenvalue weighted by Crippen LogP contribution is -2.34. The standard InChI is InChI=1S/C15H17F4NO/c1-2-3-8-20(11-5-6-11)14(21)10-4-7-13(16)12(9-10)15(17,18)19/h4,7,9,11H,2-3,5-6,8H2,1H3. The molecule has 21 heavy (non-hydrogen) atoms. The second kappa shape index (κ2) is 6.03. The number of unbranched alkanes of at least 4 members (excludes halogenated alkanes) is 1. The summed E-state index contributed by atoms with van der Waals surface area (Å²) in [6.07, 6.45) is -1.34. The van der Waals surface area contributed by atoms with E-state index in [0.717, 1.165) is 31.7 Å². The third-order valence-corrected chi connectivity index (χ3v) is 3.52. The second-order valence-electron chi connectivity index (χ2n) is 5.28. The molecule has 0 heterocycles. The average Bonchev–Trinajstić information content (AvgIpc) is 3.22. The summed E-state index contributed by atoms with van der Waals surface area (Å²) in [6, 6.07) is 2.55. The zero-order valence-corrected chi connectivity index (χ0v) is 11.7. The normalized spacial score (nSPS) is 15.1. The second-order valence-corrected chi connectivity index (χ2v) is 5.28. The Morgan fingerprint density at radius 2 is 2.00 bits per heavy atom. The topological polar surface area (TPSA) is 20.3 Å². The van der Waals surface area contributed by atoms with Crippen molar-refractivity contribution in [2.24, 2.45) is 0 Å². The van der Waals surface area contributed by atoms with Gasteiger partial charge in [0.1, 0.15) is 5.82 Å². The Kier molecular flexibility index (Phi) is 4.54. The van der Waals surface area contributed by atoms with Crippen LogP contribution in [0.1, 0.15) is 48.5 Å². The molecular weight excluding hydrogens is 286 g/mol. The Bertz CT molecular complexity index is 523. The highest BCUT2D eigenvalue weighted by atomic mass is 19.4. The Hall–Kier alpha value is -1.59. The molecular formula is C15H17F4NO. The Balaban J connectivity index is 2.25. The van der Waals surface area contributed by atoms with Crippen molar-refractivity contribution in [2.75, 3.05) is 6.54 Å². The molecule has 0 radical (unpaired) electrons. The Morgan fingerprint density at radius 1 is 1.33 bits per heavy atom. The minimum absolute atomic E-state index is 0.105. The first-order chi connectivity index (χ1) is 9.84.